The largest absolute Gasteiger partial charge is 0.459 e. The Morgan fingerprint density at radius 1 is 1.09 bits per heavy atom. The predicted octanol–water partition coefficient (Wildman–Crippen LogP) is 3.56. The second kappa shape index (κ2) is 7.00. The number of furan rings is 1. The monoisotopic (exact) mass is 313 g/mol. The zero-order valence-corrected chi connectivity index (χ0v) is 12.7. The fourth-order valence-electron chi connectivity index (χ4n) is 2.06. The second-order valence-electron chi connectivity index (χ2n) is 4.77. The van der Waals surface area contributed by atoms with Crippen LogP contribution in [0.2, 0.25) is 0 Å². The van der Waals surface area contributed by atoms with Crippen LogP contribution in [0.15, 0.2) is 53.1 Å². The molecule has 0 aliphatic rings. The van der Waals surface area contributed by atoms with Crippen molar-refractivity contribution >= 4 is 22.4 Å². The van der Waals surface area contributed by atoms with E-state index in [0.717, 1.165) is 24.3 Å². The van der Waals surface area contributed by atoms with E-state index >= 15 is 0 Å². The van der Waals surface area contributed by atoms with E-state index in [1.807, 2.05) is 18.2 Å². The number of nitrogens with one attached hydrogen (secondary N) is 1. The second-order valence-corrected chi connectivity index (χ2v) is 5.83. The van der Waals surface area contributed by atoms with Crippen LogP contribution in [0, 0.1) is 0 Å². The molecule has 0 saturated heterocycles. The summed E-state index contributed by atoms with van der Waals surface area (Å²) in [6.45, 7) is 0. The number of aromatic nitrogens is 2. The summed E-state index contributed by atoms with van der Waals surface area (Å²) >= 11 is 1.40. The highest BCUT2D eigenvalue weighted by atomic mass is 32.1. The minimum Gasteiger partial charge on any atom is -0.459 e. The molecule has 0 atom stereocenters. The van der Waals surface area contributed by atoms with Crippen molar-refractivity contribution in [1.82, 2.24) is 10.2 Å². The van der Waals surface area contributed by atoms with Gasteiger partial charge in [-0.1, -0.05) is 41.7 Å². The summed E-state index contributed by atoms with van der Waals surface area (Å²) in [5, 5.41) is 12.2. The molecular weight excluding hydrogens is 298 g/mol. The maximum absolute atomic E-state index is 11.8. The Morgan fingerprint density at radius 2 is 1.95 bits per heavy atom. The maximum Gasteiger partial charge on any atom is 0.293 e. The van der Waals surface area contributed by atoms with Crippen LogP contribution >= 0.6 is 11.3 Å². The minimum absolute atomic E-state index is 0.265. The Bertz CT molecular complexity index is 723. The Kier molecular flexibility index (Phi) is 4.60. The van der Waals surface area contributed by atoms with Crippen molar-refractivity contribution in [3.63, 3.8) is 0 Å². The quantitative estimate of drug-likeness (QED) is 0.755. The van der Waals surface area contributed by atoms with Gasteiger partial charge >= 0.3 is 0 Å². The van der Waals surface area contributed by atoms with Crippen LogP contribution in [0.4, 0.5) is 5.13 Å². The number of rotatable bonds is 6. The molecule has 3 aromatic rings. The molecule has 3 rings (SSSR count). The molecule has 2 aromatic heterocycles. The van der Waals surface area contributed by atoms with E-state index in [4.69, 9.17) is 4.42 Å². The van der Waals surface area contributed by atoms with Gasteiger partial charge in [-0.2, -0.15) is 0 Å². The Morgan fingerprint density at radius 3 is 2.73 bits per heavy atom. The molecule has 0 saturated carbocycles. The van der Waals surface area contributed by atoms with E-state index in [2.05, 4.69) is 27.6 Å². The van der Waals surface area contributed by atoms with Crippen molar-refractivity contribution in [2.24, 2.45) is 0 Å². The van der Waals surface area contributed by atoms with Crippen molar-refractivity contribution in [1.29, 1.82) is 0 Å². The number of carbonyl (C=O) groups is 1. The summed E-state index contributed by atoms with van der Waals surface area (Å²) in [5.41, 5.74) is 1.32. The summed E-state index contributed by atoms with van der Waals surface area (Å²) in [5.74, 6) is -0.0437. The van der Waals surface area contributed by atoms with Crippen molar-refractivity contribution < 1.29 is 9.21 Å². The van der Waals surface area contributed by atoms with Gasteiger partial charge in [0.25, 0.3) is 5.91 Å². The lowest BCUT2D eigenvalue weighted by Crippen LogP contribution is -2.10. The summed E-state index contributed by atoms with van der Waals surface area (Å²) in [7, 11) is 0. The lowest BCUT2D eigenvalue weighted by molar-refractivity contribution is 0.0996. The molecule has 0 spiro atoms. The highest BCUT2D eigenvalue weighted by Crippen LogP contribution is 2.18. The Labute approximate surface area is 132 Å². The Hall–Kier alpha value is -2.47. The highest BCUT2D eigenvalue weighted by Gasteiger charge is 2.12. The topological polar surface area (TPSA) is 68.0 Å². The van der Waals surface area contributed by atoms with Gasteiger partial charge in [-0.25, -0.2) is 0 Å². The van der Waals surface area contributed by atoms with Crippen molar-refractivity contribution in [2.75, 3.05) is 5.32 Å². The van der Waals surface area contributed by atoms with Gasteiger partial charge < -0.3 is 4.42 Å². The van der Waals surface area contributed by atoms with E-state index in [1.54, 1.807) is 12.1 Å². The van der Waals surface area contributed by atoms with Crippen LogP contribution in [0.5, 0.6) is 0 Å². The third-order valence-corrected chi connectivity index (χ3v) is 4.03. The normalized spacial score (nSPS) is 10.5. The first kappa shape index (κ1) is 14.5. The molecule has 1 aromatic carbocycles. The van der Waals surface area contributed by atoms with Gasteiger partial charge in [-0.15, -0.1) is 10.2 Å². The van der Waals surface area contributed by atoms with Gasteiger partial charge in [-0.3, -0.25) is 10.1 Å². The van der Waals surface area contributed by atoms with Gasteiger partial charge in [0.05, 0.1) is 6.26 Å². The summed E-state index contributed by atoms with van der Waals surface area (Å²) in [6, 6.07) is 13.6. The minimum atomic E-state index is -0.308. The van der Waals surface area contributed by atoms with E-state index < -0.39 is 0 Å². The maximum atomic E-state index is 11.8. The molecule has 6 heteroatoms. The van der Waals surface area contributed by atoms with Crippen molar-refractivity contribution in [3.05, 3.63) is 65.1 Å². The van der Waals surface area contributed by atoms with E-state index in [1.165, 1.54) is 23.2 Å². The Balaban J connectivity index is 1.50. The number of hydrogen-bond donors (Lipinski definition) is 1. The van der Waals surface area contributed by atoms with Crippen LogP contribution in [-0.2, 0) is 12.8 Å². The molecular formula is C16H15N3O2S. The number of carbonyl (C=O) groups excluding carboxylic acids is 1. The van der Waals surface area contributed by atoms with E-state index in [9.17, 15) is 4.79 Å². The molecule has 112 valence electrons. The first-order valence-corrected chi connectivity index (χ1v) is 7.84. The molecule has 0 aliphatic carbocycles. The molecule has 0 radical (unpaired) electrons. The standard InChI is InChI=1S/C16H15N3O2S/c20-15(13-9-5-11-21-13)17-16-19-18-14(22-16)10-4-8-12-6-2-1-3-7-12/h1-3,5-7,9,11H,4,8,10H2,(H,17,19,20). The van der Waals surface area contributed by atoms with Crippen LogP contribution < -0.4 is 5.32 Å². The molecule has 2 heterocycles. The molecule has 1 N–H and O–H groups in total. The first-order chi connectivity index (χ1) is 10.8. The smallest absolute Gasteiger partial charge is 0.293 e. The lowest BCUT2D eigenvalue weighted by atomic mass is 10.1. The van der Waals surface area contributed by atoms with E-state index in [0.29, 0.717) is 5.13 Å². The van der Waals surface area contributed by atoms with Crippen LogP contribution in [0.3, 0.4) is 0 Å². The number of nitrogens with zero attached hydrogens (tertiary/aromatic N) is 2. The SMILES string of the molecule is O=C(Nc1nnc(CCCc2ccccc2)s1)c1ccco1. The number of aryl methyl sites for hydroxylation is 2. The fourth-order valence-corrected chi connectivity index (χ4v) is 2.84. The number of hydrogen-bond acceptors (Lipinski definition) is 5. The lowest BCUT2D eigenvalue weighted by Gasteiger charge is -1.98. The number of amides is 1. The van der Waals surface area contributed by atoms with Gasteiger partial charge in [-0.05, 0) is 30.5 Å². The van der Waals surface area contributed by atoms with Crippen LogP contribution in [0.25, 0.3) is 0 Å². The summed E-state index contributed by atoms with van der Waals surface area (Å²) in [6.07, 6.45) is 4.33. The molecule has 1 amide bonds. The van der Waals surface area contributed by atoms with Crippen molar-refractivity contribution in [2.45, 2.75) is 19.3 Å². The van der Waals surface area contributed by atoms with Crippen molar-refractivity contribution in [3.8, 4) is 0 Å². The van der Waals surface area contributed by atoms with Crippen LogP contribution in [-0.4, -0.2) is 16.1 Å². The zero-order chi connectivity index (χ0) is 15.2. The molecule has 0 aliphatic heterocycles. The molecule has 0 unspecified atom stereocenters. The molecule has 22 heavy (non-hydrogen) atoms. The number of benzene rings is 1. The van der Waals surface area contributed by atoms with Crippen LogP contribution in [0.1, 0.15) is 27.5 Å². The summed E-state index contributed by atoms with van der Waals surface area (Å²) in [4.78, 5) is 11.8. The van der Waals surface area contributed by atoms with Gasteiger partial charge in [0, 0.05) is 6.42 Å². The highest BCUT2D eigenvalue weighted by molar-refractivity contribution is 7.15. The molecule has 5 nitrogen and oxygen atoms in total. The average molecular weight is 313 g/mol. The average Bonchev–Trinajstić information content (AvgIpc) is 3.20. The molecule has 0 fully saturated rings. The zero-order valence-electron chi connectivity index (χ0n) is 11.9. The van der Waals surface area contributed by atoms with Gasteiger partial charge in [0.1, 0.15) is 5.01 Å². The van der Waals surface area contributed by atoms with Gasteiger partial charge in [0.2, 0.25) is 5.13 Å². The predicted molar refractivity (Wildman–Crippen MR) is 85.0 cm³/mol. The number of anilines is 1. The summed E-state index contributed by atoms with van der Waals surface area (Å²) < 4.78 is 5.03. The molecule has 0 bridgehead atoms. The first-order valence-electron chi connectivity index (χ1n) is 7.02. The van der Waals surface area contributed by atoms with E-state index in [-0.39, 0.29) is 11.7 Å². The third-order valence-electron chi connectivity index (χ3n) is 3.13. The van der Waals surface area contributed by atoms with Gasteiger partial charge in [0.15, 0.2) is 5.76 Å². The fraction of sp³-hybridized carbons (Fsp3) is 0.188. The third kappa shape index (κ3) is 3.79.